The molecule has 0 amide bonds. The van der Waals surface area contributed by atoms with E-state index < -0.39 is 12.3 Å². The SMILES string of the molecule is CCOCn1nccc1C(=O)c1cc(Cl)c2c(c1)OC(C(=O)OC)O2. The zero-order valence-corrected chi connectivity index (χ0v) is 14.3. The quantitative estimate of drug-likeness (QED) is 0.570. The van der Waals surface area contributed by atoms with Crippen molar-refractivity contribution in [2.45, 2.75) is 19.9 Å². The standard InChI is InChI=1S/C16H15ClN2O6/c1-3-23-8-19-11(4-5-18-19)13(20)9-6-10(17)14-12(7-9)24-16(25-14)15(21)22-2/h4-7,16H,3,8H2,1-2H3. The molecule has 1 aliphatic heterocycles. The maximum Gasteiger partial charge on any atom is 0.389 e. The Labute approximate surface area is 148 Å². The summed E-state index contributed by atoms with van der Waals surface area (Å²) in [6.07, 6.45) is 0.264. The number of carbonyl (C=O) groups excluding carboxylic acids is 2. The van der Waals surface area contributed by atoms with Gasteiger partial charge in [-0.3, -0.25) is 4.79 Å². The van der Waals surface area contributed by atoms with E-state index in [1.54, 1.807) is 6.07 Å². The van der Waals surface area contributed by atoms with Crippen molar-refractivity contribution >= 4 is 23.4 Å². The molecule has 9 heteroatoms. The maximum atomic E-state index is 12.8. The van der Waals surface area contributed by atoms with Gasteiger partial charge < -0.3 is 18.9 Å². The Morgan fingerprint density at radius 1 is 1.36 bits per heavy atom. The number of rotatable bonds is 6. The number of benzene rings is 1. The van der Waals surface area contributed by atoms with Crippen LogP contribution in [0.15, 0.2) is 24.4 Å². The van der Waals surface area contributed by atoms with Crippen molar-refractivity contribution in [2.75, 3.05) is 13.7 Å². The predicted octanol–water partition coefficient (Wildman–Crippen LogP) is 2.03. The Morgan fingerprint density at radius 3 is 2.88 bits per heavy atom. The largest absolute Gasteiger partial charge is 0.463 e. The summed E-state index contributed by atoms with van der Waals surface area (Å²) in [4.78, 5) is 24.3. The molecule has 0 fully saturated rings. The van der Waals surface area contributed by atoms with Crippen molar-refractivity contribution in [3.8, 4) is 11.5 Å². The first kappa shape index (κ1) is 17.2. The minimum absolute atomic E-state index is 0.156. The molecule has 3 rings (SSSR count). The fourth-order valence-corrected chi connectivity index (χ4v) is 2.55. The number of hydrogen-bond donors (Lipinski definition) is 0. The Hall–Kier alpha value is -2.58. The number of carbonyl (C=O) groups is 2. The van der Waals surface area contributed by atoms with Crippen molar-refractivity contribution < 1.29 is 28.5 Å². The van der Waals surface area contributed by atoms with Crippen molar-refractivity contribution in [2.24, 2.45) is 0 Å². The van der Waals surface area contributed by atoms with E-state index in [-0.39, 0.29) is 34.6 Å². The zero-order valence-electron chi connectivity index (χ0n) is 13.5. The van der Waals surface area contributed by atoms with Crippen molar-refractivity contribution in [1.82, 2.24) is 9.78 Å². The summed E-state index contributed by atoms with van der Waals surface area (Å²) < 4.78 is 22.0. The van der Waals surface area contributed by atoms with Crippen LogP contribution in [0.4, 0.5) is 0 Å². The van der Waals surface area contributed by atoms with E-state index in [1.807, 2.05) is 6.92 Å². The number of esters is 1. The first-order valence-electron chi connectivity index (χ1n) is 7.44. The average Bonchev–Trinajstić information content (AvgIpc) is 3.25. The topological polar surface area (TPSA) is 88.9 Å². The van der Waals surface area contributed by atoms with Crippen molar-refractivity contribution in [1.29, 1.82) is 0 Å². The van der Waals surface area contributed by atoms with Gasteiger partial charge in [-0.15, -0.1) is 0 Å². The lowest BCUT2D eigenvalue weighted by Gasteiger charge is -2.08. The lowest BCUT2D eigenvalue weighted by atomic mass is 10.1. The van der Waals surface area contributed by atoms with E-state index in [1.165, 1.54) is 30.1 Å². The maximum absolute atomic E-state index is 12.8. The number of nitrogens with zero attached hydrogens (tertiary/aromatic N) is 2. The first-order chi connectivity index (χ1) is 12.0. The van der Waals surface area contributed by atoms with E-state index >= 15 is 0 Å². The highest BCUT2D eigenvalue weighted by Crippen LogP contribution is 2.42. The van der Waals surface area contributed by atoms with Gasteiger partial charge in [-0.05, 0) is 25.1 Å². The van der Waals surface area contributed by atoms with Crippen molar-refractivity contribution in [3.05, 3.63) is 40.7 Å². The van der Waals surface area contributed by atoms with Gasteiger partial charge in [0.1, 0.15) is 12.4 Å². The molecule has 8 nitrogen and oxygen atoms in total. The second-order valence-electron chi connectivity index (χ2n) is 5.04. The number of fused-ring (bicyclic) bond motifs is 1. The predicted molar refractivity (Wildman–Crippen MR) is 85.8 cm³/mol. The highest BCUT2D eigenvalue weighted by Gasteiger charge is 2.34. The molecule has 1 atom stereocenters. The molecule has 0 saturated carbocycles. The summed E-state index contributed by atoms with van der Waals surface area (Å²) >= 11 is 6.16. The Morgan fingerprint density at radius 2 is 2.16 bits per heavy atom. The summed E-state index contributed by atoms with van der Waals surface area (Å²) in [5.41, 5.74) is 0.615. The highest BCUT2D eigenvalue weighted by molar-refractivity contribution is 6.33. The summed E-state index contributed by atoms with van der Waals surface area (Å²) in [6.45, 7) is 2.51. The molecule has 2 heterocycles. The molecule has 0 aliphatic carbocycles. The second-order valence-corrected chi connectivity index (χ2v) is 5.45. The number of ether oxygens (including phenoxy) is 4. The number of methoxy groups -OCH3 is 1. The lowest BCUT2D eigenvalue weighted by Crippen LogP contribution is -2.30. The van der Waals surface area contributed by atoms with Gasteiger partial charge in [0, 0.05) is 18.4 Å². The van der Waals surface area contributed by atoms with Crippen LogP contribution in [-0.2, 0) is 21.0 Å². The second kappa shape index (κ2) is 7.12. The van der Waals surface area contributed by atoms with Gasteiger partial charge in [-0.1, -0.05) is 11.6 Å². The zero-order chi connectivity index (χ0) is 18.0. The Bertz CT molecular complexity index is 819. The van der Waals surface area contributed by atoms with Crippen LogP contribution in [0.5, 0.6) is 11.5 Å². The van der Waals surface area contributed by atoms with Gasteiger partial charge in [0.15, 0.2) is 11.5 Å². The molecule has 1 aromatic heterocycles. The van der Waals surface area contributed by atoms with Gasteiger partial charge in [0.05, 0.1) is 12.1 Å². The third-order valence-electron chi connectivity index (χ3n) is 3.49. The van der Waals surface area contributed by atoms with E-state index in [4.69, 9.17) is 25.8 Å². The smallest absolute Gasteiger partial charge is 0.389 e. The van der Waals surface area contributed by atoms with E-state index in [9.17, 15) is 9.59 Å². The van der Waals surface area contributed by atoms with Crippen LogP contribution in [0.1, 0.15) is 23.0 Å². The minimum Gasteiger partial charge on any atom is -0.463 e. The fourth-order valence-electron chi connectivity index (χ4n) is 2.29. The third-order valence-corrected chi connectivity index (χ3v) is 3.77. The molecule has 0 saturated heterocycles. The molecule has 0 spiro atoms. The molecule has 1 aliphatic rings. The Balaban J connectivity index is 1.88. The van der Waals surface area contributed by atoms with Gasteiger partial charge in [-0.2, -0.15) is 5.10 Å². The minimum atomic E-state index is -1.24. The van der Waals surface area contributed by atoms with Crippen LogP contribution in [0.2, 0.25) is 5.02 Å². The highest BCUT2D eigenvalue weighted by atomic mass is 35.5. The molecule has 0 bridgehead atoms. The molecular formula is C16H15ClN2O6. The summed E-state index contributed by atoms with van der Waals surface area (Å²) in [5, 5.41) is 4.22. The lowest BCUT2D eigenvalue weighted by molar-refractivity contribution is -0.158. The summed E-state index contributed by atoms with van der Waals surface area (Å²) in [5.74, 6) is -0.625. The number of halogens is 1. The molecule has 1 unspecified atom stereocenters. The summed E-state index contributed by atoms with van der Waals surface area (Å²) in [6, 6.07) is 4.49. The van der Waals surface area contributed by atoms with Crippen LogP contribution in [-0.4, -0.2) is 41.5 Å². The Kier molecular flexibility index (Phi) is 4.91. The van der Waals surface area contributed by atoms with E-state index in [2.05, 4.69) is 9.84 Å². The van der Waals surface area contributed by atoms with E-state index in [0.29, 0.717) is 12.3 Å². The molecule has 25 heavy (non-hydrogen) atoms. The number of hydrogen-bond acceptors (Lipinski definition) is 7. The van der Waals surface area contributed by atoms with Gasteiger partial charge in [0.2, 0.25) is 5.78 Å². The molecule has 1 aromatic carbocycles. The molecule has 0 radical (unpaired) electrons. The van der Waals surface area contributed by atoms with Gasteiger partial charge in [0.25, 0.3) is 0 Å². The van der Waals surface area contributed by atoms with Crippen molar-refractivity contribution in [3.63, 3.8) is 0 Å². The normalized spacial score (nSPS) is 15.2. The molecule has 2 aromatic rings. The summed E-state index contributed by atoms with van der Waals surface area (Å²) in [7, 11) is 1.22. The molecule has 132 valence electrons. The molecule has 0 N–H and O–H groups in total. The van der Waals surface area contributed by atoms with Crippen LogP contribution in [0, 0.1) is 0 Å². The van der Waals surface area contributed by atoms with Gasteiger partial charge in [-0.25, -0.2) is 9.48 Å². The van der Waals surface area contributed by atoms with Crippen LogP contribution in [0.3, 0.4) is 0 Å². The van der Waals surface area contributed by atoms with Gasteiger partial charge >= 0.3 is 12.3 Å². The number of aromatic nitrogens is 2. The van der Waals surface area contributed by atoms with Crippen LogP contribution >= 0.6 is 11.6 Å². The van der Waals surface area contributed by atoms with E-state index in [0.717, 1.165) is 0 Å². The van der Waals surface area contributed by atoms with Crippen LogP contribution < -0.4 is 9.47 Å². The average molecular weight is 367 g/mol. The monoisotopic (exact) mass is 366 g/mol. The number of ketones is 1. The third kappa shape index (κ3) is 3.31. The fraction of sp³-hybridized carbons (Fsp3) is 0.312. The van der Waals surface area contributed by atoms with Crippen LogP contribution in [0.25, 0.3) is 0 Å². The first-order valence-corrected chi connectivity index (χ1v) is 7.82. The molecular weight excluding hydrogens is 352 g/mol.